The number of rotatable bonds is 2. The first-order valence-corrected chi connectivity index (χ1v) is 7.40. The molecule has 0 radical (unpaired) electrons. The number of benzene rings is 1. The highest BCUT2D eigenvalue weighted by atomic mass is 16.5. The molecule has 1 aliphatic heterocycles. The van der Waals surface area contributed by atoms with Gasteiger partial charge in [0.2, 0.25) is 0 Å². The number of carbonyl (C=O) groups excluding carboxylic acids is 1. The van der Waals surface area contributed by atoms with Gasteiger partial charge in [-0.3, -0.25) is 4.79 Å². The van der Waals surface area contributed by atoms with E-state index in [9.17, 15) is 4.79 Å². The van der Waals surface area contributed by atoms with Gasteiger partial charge in [0.1, 0.15) is 0 Å². The lowest BCUT2D eigenvalue weighted by Gasteiger charge is -2.27. The van der Waals surface area contributed by atoms with E-state index in [2.05, 4.69) is 24.9 Å². The molecule has 0 aliphatic carbocycles. The SMILES string of the molecule is CC(C)c1cc(C(=O)N2CCOCC2)c2c(c1)ncn2C. The molecule has 0 unspecified atom stereocenters. The number of ether oxygens (including phenoxy) is 1. The predicted octanol–water partition coefficient (Wildman–Crippen LogP) is 2.17. The molecule has 0 bridgehead atoms. The predicted molar refractivity (Wildman–Crippen MR) is 81.5 cm³/mol. The summed E-state index contributed by atoms with van der Waals surface area (Å²) in [6.07, 6.45) is 1.77. The molecule has 0 saturated carbocycles. The van der Waals surface area contributed by atoms with Crippen LogP contribution in [-0.4, -0.2) is 46.7 Å². The van der Waals surface area contributed by atoms with Crippen molar-refractivity contribution in [1.82, 2.24) is 14.5 Å². The summed E-state index contributed by atoms with van der Waals surface area (Å²) >= 11 is 0. The van der Waals surface area contributed by atoms with Crippen molar-refractivity contribution in [3.63, 3.8) is 0 Å². The smallest absolute Gasteiger partial charge is 0.256 e. The van der Waals surface area contributed by atoms with Crippen molar-refractivity contribution in [3.05, 3.63) is 29.6 Å². The van der Waals surface area contributed by atoms with Gasteiger partial charge >= 0.3 is 0 Å². The van der Waals surface area contributed by atoms with Gasteiger partial charge in [-0.25, -0.2) is 4.98 Å². The molecule has 2 aromatic rings. The summed E-state index contributed by atoms with van der Waals surface area (Å²) in [4.78, 5) is 19.2. The summed E-state index contributed by atoms with van der Waals surface area (Å²) in [5.74, 6) is 0.446. The lowest BCUT2D eigenvalue weighted by molar-refractivity contribution is 0.0304. The zero-order chi connectivity index (χ0) is 15.0. The number of aromatic nitrogens is 2. The summed E-state index contributed by atoms with van der Waals surface area (Å²) in [5, 5.41) is 0. The summed E-state index contributed by atoms with van der Waals surface area (Å²) in [7, 11) is 1.93. The van der Waals surface area contributed by atoms with Gasteiger partial charge < -0.3 is 14.2 Å². The monoisotopic (exact) mass is 287 g/mol. The normalized spacial score (nSPS) is 15.9. The minimum Gasteiger partial charge on any atom is -0.378 e. The molecule has 0 N–H and O–H groups in total. The molecule has 21 heavy (non-hydrogen) atoms. The quantitative estimate of drug-likeness (QED) is 0.850. The van der Waals surface area contributed by atoms with Crippen molar-refractivity contribution in [2.45, 2.75) is 19.8 Å². The molecule has 1 amide bonds. The molecular formula is C16H21N3O2. The molecule has 1 saturated heterocycles. The third-order valence-corrected chi connectivity index (χ3v) is 4.03. The summed E-state index contributed by atoms with van der Waals surface area (Å²) in [6, 6.07) is 4.10. The zero-order valence-electron chi connectivity index (χ0n) is 12.8. The lowest BCUT2D eigenvalue weighted by atomic mass is 9.98. The highest BCUT2D eigenvalue weighted by Crippen LogP contribution is 2.25. The van der Waals surface area contributed by atoms with E-state index in [1.54, 1.807) is 6.33 Å². The Kier molecular flexibility index (Phi) is 3.68. The number of aryl methyl sites for hydroxylation is 1. The number of fused-ring (bicyclic) bond motifs is 1. The molecule has 1 aromatic carbocycles. The Hall–Kier alpha value is -1.88. The van der Waals surface area contributed by atoms with E-state index in [-0.39, 0.29) is 5.91 Å². The third kappa shape index (κ3) is 2.53. The van der Waals surface area contributed by atoms with Crippen LogP contribution in [0.15, 0.2) is 18.5 Å². The van der Waals surface area contributed by atoms with E-state index in [1.165, 1.54) is 0 Å². The van der Waals surface area contributed by atoms with Gasteiger partial charge in [0.15, 0.2) is 0 Å². The number of carbonyl (C=O) groups is 1. The maximum Gasteiger partial charge on any atom is 0.256 e. The first-order valence-electron chi connectivity index (χ1n) is 7.40. The van der Waals surface area contributed by atoms with E-state index in [0.717, 1.165) is 22.2 Å². The van der Waals surface area contributed by atoms with E-state index >= 15 is 0 Å². The van der Waals surface area contributed by atoms with Crippen LogP contribution in [0.2, 0.25) is 0 Å². The van der Waals surface area contributed by atoms with Crippen LogP contribution in [0.4, 0.5) is 0 Å². The first kappa shape index (κ1) is 14.1. The molecule has 3 rings (SSSR count). The number of hydrogen-bond donors (Lipinski definition) is 0. The molecule has 1 aromatic heterocycles. The van der Waals surface area contributed by atoms with Gasteiger partial charge in [0.05, 0.1) is 36.1 Å². The second-order valence-corrected chi connectivity index (χ2v) is 5.85. The number of hydrogen-bond acceptors (Lipinski definition) is 3. The van der Waals surface area contributed by atoms with Crippen molar-refractivity contribution in [1.29, 1.82) is 0 Å². The van der Waals surface area contributed by atoms with Crippen LogP contribution >= 0.6 is 0 Å². The topological polar surface area (TPSA) is 47.4 Å². The lowest BCUT2D eigenvalue weighted by Crippen LogP contribution is -2.40. The van der Waals surface area contributed by atoms with E-state index in [0.29, 0.717) is 32.2 Å². The zero-order valence-corrected chi connectivity index (χ0v) is 12.8. The Morgan fingerprint density at radius 2 is 2.00 bits per heavy atom. The maximum absolute atomic E-state index is 12.9. The van der Waals surface area contributed by atoms with Crippen molar-refractivity contribution in [3.8, 4) is 0 Å². The fraction of sp³-hybridized carbons (Fsp3) is 0.500. The van der Waals surface area contributed by atoms with Crippen molar-refractivity contribution in [2.24, 2.45) is 7.05 Å². The van der Waals surface area contributed by atoms with Gasteiger partial charge in [-0.2, -0.15) is 0 Å². The molecule has 1 fully saturated rings. The first-order chi connectivity index (χ1) is 10.1. The van der Waals surface area contributed by atoms with Gasteiger partial charge in [-0.1, -0.05) is 13.8 Å². The molecule has 5 nitrogen and oxygen atoms in total. The minimum absolute atomic E-state index is 0.0781. The number of amides is 1. The largest absolute Gasteiger partial charge is 0.378 e. The fourth-order valence-corrected chi connectivity index (χ4v) is 2.75. The standard InChI is InChI=1S/C16H21N3O2/c1-11(2)12-8-13(15-14(9-12)17-10-18(15)3)16(20)19-4-6-21-7-5-19/h8-11H,4-7H2,1-3H3. The van der Waals surface area contributed by atoms with Gasteiger partial charge in [0, 0.05) is 20.1 Å². The van der Waals surface area contributed by atoms with E-state index in [1.807, 2.05) is 22.6 Å². The maximum atomic E-state index is 12.9. The molecule has 112 valence electrons. The number of nitrogens with zero attached hydrogens (tertiary/aromatic N) is 3. The Morgan fingerprint density at radius 3 is 2.67 bits per heavy atom. The van der Waals surface area contributed by atoms with E-state index < -0.39 is 0 Å². The Morgan fingerprint density at radius 1 is 1.29 bits per heavy atom. The van der Waals surface area contributed by atoms with Crippen LogP contribution in [0, 0.1) is 0 Å². The number of morpholine rings is 1. The Balaban J connectivity index is 2.10. The van der Waals surface area contributed by atoms with Crippen molar-refractivity contribution in [2.75, 3.05) is 26.3 Å². The van der Waals surface area contributed by atoms with Crippen LogP contribution in [-0.2, 0) is 11.8 Å². The Bertz CT molecular complexity index is 669. The molecular weight excluding hydrogens is 266 g/mol. The molecule has 0 spiro atoms. The highest BCUT2D eigenvalue weighted by molar-refractivity contribution is 6.05. The number of imidazole rings is 1. The van der Waals surface area contributed by atoms with Gasteiger partial charge in [0.25, 0.3) is 5.91 Å². The minimum atomic E-state index is 0.0781. The fourth-order valence-electron chi connectivity index (χ4n) is 2.75. The molecule has 2 heterocycles. The average Bonchev–Trinajstić information content (AvgIpc) is 2.88. The van der Waals surface area contributed by atoms with Crippen molar-refractivity contribution < 1.29 is 9.53 Å². The summed E-state index contributed by atoms with van der Waals surface area (Å²) < 4.78 is 7.26. The van der Waals surface area contributed by atoms with Crippen LogP contribution in [0.3, 0.4) is 0 Å². The van der Waals surface area contributed by atoms with Crippen LogP contribution in [0.25, 0.3) is 11.0 Å². The van der Waals surface area contributed by atoms with Crippen LogP contribution in [0.1, 0.15) is 35.7 Å². The molecule has 1 aliphatic rings. The highest BCUT2D eigenvalue weighted by Gasteiger charge is 2.23. The van der Waals surface area contributed by atoms with Crippen LogP contribution in [0.5, 0.6) is 0 Å². The summed E-state index contributed by atoms with van der Waals surface area (Å²) in [5.41, 5.74) is 3.70. The molecule has 5 heteroatoms. The second-order valence-electron chi connectivity index (χ2n) is 5.85. The Labute approximate surface area is 124 Å². The van der Waals surface area contributed by atoms with Gasteiger partial charge in [-0.05, 0) is 23.6 Å². The van der Waals surface area contributed by atoms with Crippen molar-refractivity contribution >= 4 is 16.9 Å². The van der Waals surface area contributed by atoms with E-state index in [4.69, 9.17) is 4.74 Å². The summed E-state index contributed by atoms with van der Waals surface area (Å²) in [6.45, 7) is 6.81. The second kappa shape index (κ2) is 5.48. The van der Waals surface area contributed by atoms with Crippen LogP contribution < -0.4 is 0 Å². The average molecular weight is 287 g/mol. The van der Waals surface area contributed by atoms with Gasteiger partial charge in [-0.15, -0.1) is 0 Å². The third-order valence-electron chi connectivity index (χ3n) is 4.03. The molecule has 0 atom stereocenters.